The third kappa shape index (κ3) is 6.29. The number of hydrogen-bond donors (Lipinski definition) is 1. The van der Waals surface area contributed by atoms with Crippen molar-refractivity contribution in [2.45, 2.75) is 46.7 Å². The fourth-order valence-corrected chi connectivity index (χ4v) is 3.44. The number of hydrogen-bond acceptors (Lipinski definition) is 5. The molecular weight excluding hydrogens is 394 g/mol. The van der Waals surface area contributed by atoms with E-state index < -0.39 is 0 Å². The number of guanidine groups is 1. The van der Waals surface area contributed by atoms with E-state index in [1.807, 2.05) is 37.8 Å². The van der Waals surface area contributed by atoms with E-state index in [0.717, 1.165) is 30.3 Å². The molecule has 1 aromatic heterocycles. The predicted octanol–water partition coefficient (Wildman–Crippen LogP) is 3.56. The summed E-state index contributed by atoms with van der Waals surface area (Å²) in [6.45, 7) is 10.8. The minimum absolute atomic E-state index is 0.368. The lowest BCUT2D eigenvalue weighted by Gasteiger charge is -2.22. The molecule has 172 valence electrons. The Hall–Kier alpha value is -2.90. The highest BCUT2D eigenvalue weighted by Crippen LogP contribution is 2.38. The molecule has 8 nitrogen and oxygen atoms in total. The fraction of sp³-hybridized carbons (Fsp3) is 0.565. The predicted molar refractivity (Wildman–Crippen MR) is 124 cm³/mol. The van der Waals surface area contributed by atoms with Gasteiger partial charge in [0.25, 0.3) is 0 Å². The molecule has 0 saturated carbocycles. The molecule has 0 fully saturated rings. The lowest BCUT2D eigenvalue weighted by Crippen LogP contribution is -2.38. The first kappa shape index (κ1) is 24.4. The Bertz CT molecular complexity index is 851. The van der Waals surface area contributed by atoms with Crippen LogP contribution in [0.2, 0.25) is 0 Å². The van der Waals surface area contributed by atoms with Crippen LogP contribution in [-0.2, 0) is 20.1 Å². The highest BCUT2D eigenvalue weighted by atomic mass is 16.5. The molecular formula is C23H37N5O3. The summed E-state index contributed by atoms with van der Waals surface area (Å²) in [7, 11) is 7.25. The number of benzene rings is 1. The average molecular weight is 432 g/mol. The van der Waals surface area contributed by atoms with Crippen LogP contribution >= 0.6 is 0 Å². The Morgan fingerprint density at radius 2 is 1.84 bits per heavy atom. The number of rotatable bonds is 10. The van der Waals surface area contributed by atoms with E-state index in [1.165, 1.54) is 5.56 Å². The van der Waals surface area contributed by atoms with E-state index in [4.69, 9.17) is 19.2 Å². The van der Waals surface area contributed by atoms with Gasteiger partial charge in [0, 0.05) is 38.9 Å². The smallest absolute Gasteiger partial charge is 0.203 e. The molecule has 0 aliphatic carbocycles. The molecule has 0 aliphatic rings. The summed E-state index contributed by atoms with van der Waals surface area (Å²) in [4.78, 5) is 6.96. The summed E-state index contributed by atoms with van der Waals surface area (Å²) in [5, 5.41) is 7.99. The van der Waals surface area contributed by atoms with Gasteiger partial charge in [0.05, 0.1) is 33.1 Å². The van der Waals surface area contributed by atoms with Crippen molar-refractivity contribution in [3.05, 3.63) is 35.2 Å². The van der Waals surface area contributed by atoms with E-state index in [2.05, 4.69) is 42.3 Å². The zero-order valence-electron chi connectivity index (χ0n) is 20.2. The van der Waals surface area contributed by atoms with Crippen LogP contribution < -0.4 is 19.5 Å². The monoisotopic (exact) mass is 431 g/mol. The molecule has 0 atom stereocenters. The number of aryl methyl sites for hydroxylation is 1. The second kappa shape index (κ2) is 11.5. The van der Waals surface area contributed by atoms with Crippen molar-refractivity contribution in [2.75, 3.05) is 34.4 Å². The zero-order valence-corrected chi connectivity index (χ0v) is 20.2. The molecule has 1 heterocycles. The molecule has 0 aliphatic heterocycles. The van der Waals surface area contributed by atoms with Crippen LogP contribution in [0.5, 0.6) is 17.2 Å². The molecule has 1 N–H and O–H groups in total. The van der Waals surface area contributed by atoms with Crippen molar-refractivity contribution in [1.82, 2.24) is 20.0 Å². The Morgan fingerprint density at radius 3 is 2.35 bits per heavy atom. The van der Waals surface area contributed by atoms with Gasteiger partial charge in [0.15, 0.2) is 17.5 Å². The quantitative estimate of drug-likeness (QED) is 0.458. The maximum absolute atomic E-state index is 5.69. The second-order valence-electron chi connectivity index (χ2n) is 7.66. The van der Waals surface area contributed by atoms with Crippen LogP contribution in [-0.4, -0.2) is 55.1 Å². The molecule has 0 bridgehead atoms. The first-order valence-electron chi connectivity index (χ1n) is 10.7. The van der Waals surface area contributed by atoms with Crippen molar-refractivity contribution in [2.24, 2.45) is 12.0 Å². The van der Waals surface area contributed by atoms with Crippen LogP contribution in [0.1, 0.15) is 50.4 Å². The summed E-state index contributed by atoms with van der Waals surface area (Å²) in [5.41, 5.74) is 3.30. The van der Waals surface area contributed by atoms with Gasteiger partial charge < -0.3 is 24.4 Å². The van der Waals surface area contributed by atoms with Crippen LogP contribution in [0.15, 0.2) is 23.3 Å². The van der Waals surface area contributed by atoms with Gasteiger partial charge in [-0.15, -0.1) is 0 Å². The minimum Gasteiger partial charge on any atom is -0.493 e. The molecule has 0 amide bonds. The first-order chi connectivity index (χ1) is 14.8. The van der Waals surface area contributed by atoms with E-state index in [0.29, 0.717) is 36.3 Å². The summed E-state index contributed by atoms with van der Waals surface area (Å²) < 4.78 is 18.6. The van der Waals surface area contributed by atoms with Crippen LogP contribution in [0.4, 0.5) is 0 Å². The van der Waals surface area contributed by atoms with Crippen molar-refractivity contribution in [1.29, 1.82) is 0 Å². The highest BCUT2D eigenvalue weighted by molar-refractivity contribution is 5.79. The van der Waals surface area contributed by atoms with Gasteiger partial charge in [-0.05, 0) is 37.5 Å². The Kier molecular flexibility index (Phi) is 9.03. The topological polar surface area (TPSA) is 73.1 Å². The number of ether oxygens (including phenoxy) is 3. The van der Waals surface area contributed by atoms with Gasteiger partial charge in [-0.1, -0.05) is 13.8 Å². The van der Waals surface area contributed by atoms with Crippen LogP contribution in [0.25, 0.3) is 0 Å². The number of nitrogens with one attached hydrogen (secondary N) is 1. The lowest BCUT2D eigenvalue weighted by atomic mass is 10.1. The normalized spacial score (nSPS) is 11.6. The Balaban J connectivity index is 2.26. The molecule has 8 heteroatoms. The van der Waals surface area contributed by atoms with Crippen LogP contribution in [0.3, 0.4) is 0 Å². The van der Waals surface area contributed by atoms with Crippen molar-refractivity contribution in [3.8, 4) is 17.2 Å². The van der Waals surface area contributed by atoms with Gasteiger partial charge in [-0.2, -0.15) is 5.10 Å². The standard InChI is InChI=1S/C23H37N5O3/c1-9-24-23(27(5)14-18-15-28(6)26-21(18)16(3)4)25-13-17-11-19(29-7)22(31-10-2)20(12-17)30-8/h11-12,15-16H,9-10,13-14H2,1-8H3,(H,24,25). The first-order valence-corrected chi connectivity index (χ1v) is 10.7. The zero-order chi connectivity index (χ0) is 23.0. The summed E-state index contributed by atoms with van der Waals surface area (Å²) in [6.07, 6.45) is 2.08. The number of nitrogens with zero attached hydrogens (tertiary/aromatic N) is 4. The molecule has 0 radical (unpaired) electrons. The molecule has 31 heavy (non-hydrogen) atoms. The molecule has 2 rings (SSSR count). The fourth-order valence-electron chi connectivity index (χ4n) is 3.44. The Morgan fingerprint density at radius 1 is 1.19 bits per heavy atom. The lowest BCUT2D eigenvalue weighted by molar-refractivity contribution is 0.288. The third-order valence-corrected chi connectivity index (χ3v) is 4.81. The third-order valence-electron chi connectivity index (χ3n) is 4.81. The van der Waals surface area contributed by atoms with Gasteiger partial charge in [-0.25, -0.2) is 4.99 Å². The number of methoxy groups -OCH3 is 2. The number of aliphatic imine (C=N–C) groups is 1. The molecule has 0 unspecified atom stereocenters. The van der Waals surface area contributed by atoms with E-state index in [9.17, 15) is 0 Å². The molecule has 0 spiro atoms. The second-order valence-corrected chi connectivity index (χ2v) is 7.66. The highest BCUT2D eigenvalue weighted by Gasteiger charge is 2.16. The summed E-state index contributed by atoms with van der Waals surface area (Å²) in [5.74, 6) is 3.09. The summed E-state index contributed by atoms with van der Waals surface area (Å²) in [6, 6.07) is 3.89. The van der Waals surface area contributed by atoms with Crippen molar-refractivity contribution >= 4 is 5.96 Å². The van der Waals surface area contributed by atoms with E-state index >= 15 is 0 Å². The van der Waals surface area contributed by atoms with E-state index in [-0.39, 0.29) is 0 Å². The summed E-state index contributed by atoms with van der Waals surface area (Å²) >= 11 is 0. The van der Waals surface area contributed by atoms with Crippen LogP contribution in [0, 0.1) is 0 Å². The molecule has 1 aromatic carbocycles. The van der Waals surface area contributed by atoms with Crippen molar-refractivity contribution in [3.63, 3.8) is 0 Å². The van der Waals surface area contributed by atoms with Gasteiger partial charge in [0.2, 0.25) is 5.75 Å². The maximum Gasteiger partial charge on any atom is 0.203 e. The van der Waals surface area contributed by atoms with Gasteiger partial charge in [0.1, 0.15) is 0 Å². The van der Waals surface area contributed by atoms with Gasteiger partial charge >= 0.3 is 0 Å². The van der Waals surface area contributed by atoms with Gasteiger partial charge in [-0.3, -0.25) is 4.68 Å². The minimum atomic E-state index is 0.368. The Labute approximate surface area is 186 Å². The number of aromatic nitrogens is 2. The molecule has 0 saturated heterocycles. The maximum atomic E-state index is 5.69. The van der Waals surface area contributed by atoms with E-state index in [1.54, 1.807) is 14.2 Å². The average Bonchev–Trinajstić information content (AvgIpc) is 3.11. The SMILES string of the molecule is CCNC(=NCc1cc(OC)c(OCC)c(OC)c1)N(C)Cc1cn(C)nc1C(C)C. The molecule has 2 aromatic rings. The largest absolute Gasteiger partial charge is 0.493 e. The van der Waals surface area contributed by atoms with Crippen molar-refractivity contribution < 1.29 is 14.2 Å².